The standard InChI is InChI=1S/C42H64N4O8Si/c1-16-17-18-29(44-36(48)34-26(2)33-31(24-42(12,13)25-32(33)47)45(34)37(49)53-39(3,4)5)35-43-28-20-19-27(51-21-22-52-55(14,15)41(9,10)11)23-30(28)46(35)38(50)54-40(6,7)8/h19-20,23,29H,16-18,21-22,24-25H2,1-15H3,(H,44,48)/t29-/m0/s1. The highest BCUT2D eigenvalue weighted by Gasteiger charge is 2.41. The first kappa shape index (κ1) is 43.8. The predicted molar refractivity (Wildman–Crippen MR) is 217 cm³/mol. The molecule has 1 aliphatic carbocycles. The molecule has 3 aromatic rings. The van der Waals surface area contributed by atoms with Gasteiger partial charge < -0.3 is 24.0 Å². The number of fused-ring (bicyclic) bond motifs is 2. The lowest BCUT2D eigenvalue weighted by Gasteiger charge is -2.36. The molecule has 12 nitrogen and oxygen atoms in total. The molecule has 2 aromatic heterocycles. The molecule has 0 fully saturated rings. The maximum atomic E-state index is 14.6. The summed E-state index contributed by atoms with van der Waals surface area (Å²) in [7, 11) is -1.96. The fraction of sp³-hybridized carbons (Fsp3) is 0.643. The highest BCUT2D eigenvalue weighted by molar-refractivity contribution is 6.74. The van der Waals surface area contributed by atoms with Crippen LogP contribution in [0.5, 0.6) is 5.75 Å². The van der Waals surface area contributed by atoms with E-state index in [4.69, 9.17) is 23.6 Å². The highest BCUT2D eigenvalue weighted by Crippen LogP contribution is 2.40. The van der Waals surface area contributed by atoms with Gasteiger partial charge in [0.25, 0.3) is 5.91 Å². The molecule has 304 valence electrons. The van der Waals surface area contributed by atoms with Crippen LogP contribution in [0.15, 0.2) is 18.2 Å². The Morgan fingerprint density at radius 1 is 0.927 bits per heavy atom. The Morgan fingerprint density at radius 3 is 2.09 bits per heavy atom. The number of imidazole rings is 1. The van der Waals surface area contributed by atoms with Crippen molar-refractivity contribution in [3.63, 3.8) is 0 Å². The lowest BCUT2D eigenvalue weighted by molar-refractivity contribution is 0.0516. The first-order valence-corrected chi connectivity index (χ1v) is 22.4. The van der Waals surface area contributed by atoms with Crippen molar-refractivity contribution < 1.29 is 37.8 Å². The van der Waals surface area contributed by atoms with Gasteiger partial charge in [0.15, 0.2) is 14.1 Å². The molecule has 1 N–H and O–H groups in total. The number of hydrogen-bond donors (Lipinski definition) is 1. The number of benzene rings is 1. The number of nitrogens with zero attached hydrogens (tertiary/aromatic N) is 3. The number of amides is 1. The van der Waals surface area contributed by atoms with Crippen LogP contribution in [0.1, 0.15) is 153 Å². The first-order chi connectivity index (χ1) is 25.2. The summed E-state index contributed by atoms with van der Waals surface area (Å²) in [4.78, 5) is 61.0. The Kier molecular flexibility index (Phi) is 12.6. The molecule has 0 radical (unpaired) electrons. The van der Waals surface area contributed by atoms with Crippen LogP contribution in [0.3, 0.4) is 0 Å². The maximum Gasteiger partial charge on any atom is 0.420 e. The summed E-state index contributed by atoms with van der Waals surface area (Å²) in [6.45, 7) is 30.0. The summed E-state index contributed by atoms with van der Waals surface area (Å²) in [5.41, 5.74) is 0.146. The van der Waals surface area contributed by atoms with Crippen molar-refractivity contribution in [3.8, 4) is 5.75 Å². The number of unbranched alkanes of at least 4 members (excludes halogenated alkanes) is 1. The van der Waals surface area contributed by atoms with Gasteiger partial charge >= 0.3 is 12.2 Å². The molecule has 1 atom stereocenters. The van der Waals surface area contributed by atoms with Crippen LogP contribution in [0.25, 0.3) is 11.0 Å². The highest BCUT2D eigenvalue weighted by atomic mass is 28.4. The quantitative estimate of drug-likeness (QED) is 0.149. The van der Waals surface area contributed by atoms with Crippen molar-refractivity contribution in [2.24, 2.45) is 5.41 Å². The van der Waals surface area contributed by atoms with Crippen molar-refractivity contribution in [1.29, 1.82) is 0 Å². The van der Waals surface area contributed by atoms with Gasteiger partial charge in [0.05, 0.1) is 23.7 Å². The lowest BCUT2D eigenvalue weighted by atomic mass is 9.75. The summed E-state index contributed by atoms with van der Waals surface area (Å²) in [5.74, 6) is 0.0946. The van der Waals surface area contributed by atoms with E-state index in [1.807, 2.05) is 20.8 Å². The molecular formula is C42H64N4O8Si. The summed E-state index contributed by atoms with van der Waals surface area (Å²) in [6, 6.07) is 4.55. The van der Waals surface area contributed by atoms with Crippen molar-refractivity contribution in [3.05, 3.63) is 46.5 Å². The monoisotopic (exact) mass is 780 g/mol. The number of rotatable bonds is 11. The fourth-order valence-corrected chi connectivity index (χ4v) is 7.60. The SMILES string of the molecule is CCCC[C@H](NC(=O)c1c(C)c2c(n1C(=O)OC(C)(C)C)CC(C)(C)CC2=O)c1nc2ccc(OCCO[Si](C)(C)C(C)(C)C)cc2n1C(=O)OC(C)(C)C. The van der Waals surface area contributed by atoms with Crippen LogP contribution in [-0.2, 0) is 20.3 Å². The van der Waals surface area contributed by atoms with E-state index in [9.17, 15) is 19.2 Å². The third-order valence-corrected chi connectivity index (χ3v) is 14.7. The van der Waals surface area contributed by atoms with Gasteiger partial charge in [-0.25, -0.2) is 23.7 Å². The summed E-state index contributed by atoms with van der Waals surface area (Å²) in [5, 5.41) is 3.18. The molecule has 0 bridgehead atoms. The minimum absolute atomic E-state index is 0.0299. The van der Waals surface area contributed by atoms with E-state index in [2.05, 4.69) is 39.2 Å². The van der Waals surface area contributed by atoms with E-state index in [0.717, 1.165) is 6.42 Å². The number of ketones is 1. The van der Waals surface area contributed by atoms with Gasteiger partial charge in [-0.3, -0.25) is 9.59 Å². The molecule has 1 amide bonds. The molecule has 0 spiro atoms. The first-order valence-electron chi connectivity index (χ1n) is 19.5. The second-order valence-electron chi connectivity index (χ2n) is 19.1. The largest absolute Gasteiger partial charge is 0.491 e. The van der Waals surface area contributed by atoms with Crippen molar-refractivity contribution >= 4 is 43.2 Å². The number of Topliss-reactive ketones (excluding diaryl/α,β-unsaturated/α-hetero) is 1. The normalized spacial score (nSPS) is 15.4. The molecule has 4 rings (SSSR count). The molecule has 55 heavy (non-hydrogen) atoms. The van der Waals surface area contributed by atoms with Crippen molar-refractivity contribution in [2.75, 3.05) is 13.2 Å². The zero-order valence-corrected chi connectivity index (χ0v) is 36.9. The van der Waals surface area contributed by atoms with Gasteiger partial charge in [0.1, 0.15) is 35.1 Å². The summed E-state index contributed by atoms with van der Waals surface area (Å²) >= 11 is 0. The molecule has 0 saturated carbocycles. The second-order valence-corrected chi connectivity index (χ2v) is 23.9. The molecule has 2 heterocycles. The second kappa shape index (κ2) is 15.9. The zero-order chi connectivity index (χ0) is 41.5. The number of aromatic nitrogens is 3. The van der Waals surface area contributed by atoms with E-state index in [0.29, 0.717) is 66.1 Å². The van der Waals surface area contributed by atoms with Gasteiger partial charge in [0, 0.05) is 23.7 Å². The minimum atomic E-state index is -1.96. The van der Waals surface area contributed by atoms with Gasteiger partial charge in [-0.2, -0.15) is 0 Å². The Morgan fingerprint density at radius 2 is 1.53 bits per heavy atom. The van der Waals surface area contributed by atoms with Crippen LogP contribution in [0.4, 0.5) is 9.59 Å². The predicted octanol–water partition coefficient (Wildman–Crippen LogP) is 9.93. The topological polar surface area (TPSA) is 140 Å². The van der Waals surface area contributed by atoms with Crippen LogP contribution in [0.2, 0.25) is 18.1 Å². The maximum absolute atomic E-state index is 14.6. The third kappa shape index (κ3) is 10.3. The zero-order valence-electron chi connectivity index (χ0n) is 35.9. The van der Waals surface area contributed by atoms with Crippen LogP contribution in [0, 0.1) is 12.3 Å². The molecular weight excluding hydrogens is 717 g/mol. The van der Waals surface area contributed by atoms with Crippen LogP contribution in [-0.4, -0.2) is 70.7 Å². The lowest BCUT2D eigenvalue weighted by Crippen LogP contribution is -2.41. The summed E-state index contributed by atoms with van der Waals surface area (Å²) in [6.07, 6.45) is 1.23. The van der Waals surface area contributed by atoms with E-state index < -0.39 is 49.1 Å². The minimum Gasteiger partial charge on any atom is -0.491 e. The number of carbonyl (C=O) groups is 4. The van der Waals surface area contributed by atoms with Gasteiger partial charge in [-0.1, -0.05) is 54.4 Å². The van der Waals surface area contributed by atoms with E-state index in [-0.39, 0.29) is 28.8 Å². The molecule has 0 unspecified atom stereocenters. The number of ether oxygens (including phenoxy) is 3. The third-order valence-electron chi connectivity index (χ3n) is 10.2. The average molecular weight is 781 g/mol. The summed E-state index contributed by atoms with van der Waals surface area (Å²) < 4.78 is 26.8. The van der Waals surface area contributed by atoms with E-state index >= 15 is 0 Å². The van der Waals surface area contributed by atoms with Crippen molar-refractivity contribution in [1.82, 2.24) is 19.4 Å². The van der Waals surface area contributed by atoms with E-state index in [1.54, 1.807) is 66.7 Å². The number of carbonyl (C=O) groups excluding carboxylic acids is 4. The molecule has 1 aliphatic rings. The molecule has 13 heteroatoms. The molecule has 0 saturated heterocycles. The Balaban J connectivity index is 1.80. The van der Waals surface area contributed by atoms with Crippen molar-refractivity contribution in [2.45, 2.75) is 157 Å². The number of hydrogen-bond acceptors (Lipinski definition) is 9. The van der Waals surface area contributed by atoms with Crippen LogP contribution < -0.4 is 10.1 Å². The Labute approximate surface area is 328 Å². The van der Waals surface area contributed by atoms with Gasteiger partial charge in [-0.05, 0) is 103 Å². The van der Waals surface area contributed by atoms with Gasteiger partial charge in [-0.15, -0.1) is 0 Å². The Hall–Kier alpha value is -3.97. The van der Waals surface area contributed by atoms with Gasteiger partial charge in [0.2, 0.25) is 0 Å². The average Bonchev–Trinajstić information content (AvgIpc) is 3.53. The molecule has 1 aromatic carbocycles. The van der Waals surface area contributed by atoms with Crippen LogP contribution >= 0.6 is 0 Å². The number of nitrogens with one attached hydrogen (secondary N) is 1. The van der Waals surface area contributed by atoms with E-state index in [1.165, 1.54) is 9.13 Å². The smallest absolute Gasteiger partial charge is 0.420 e. The fourth-order valence-electron chi connectivity index (χ4n) is 6.58. The Bertz CT molecular complexity index is 1930. The molecule has 0 aliphatic heterocycles.